The summed E-state index contributed by atoms with van der Waals surface area (Å²) in [5.74, 6) is -0.906. The Bertz CT molecular complexity index is 1110. The molecule has 8 nitrogen and oxygen atoms in total. The van der Waals surface area contributed by atoms with E-state index in [0.29, 0.717) is 36.5 Å². The van der Waals surface area contributed by atoms with Gasteiger partial charge >= 0.3 is 6.03 Å². The Morgan fingerprint density at radius 3 is 2.53 bits per heavy atom. The lowest BCUT2D eigenvalue weighted by atomic mass is 10.0. The van der Waals surface area contributed by atoms with Crippen molar-refractivity contribution in [3.8, 4) is 17.2 Å². The summed E-state index contributed by atoms with van der Waals surface area (Å²) < 4.78 is 10.9. The number of rotatable bonds is 8. The van der Waals surface area contributed by atoms with E-state index in [1.807, 2.05) is 6.92 Å². The van der Waals surface area contributed by atoms with E-state index in [4.69, 9.17) is 9.47 Å². The molecule has 0 unspecified atom stereocenters. The number of amides is 4. The molecule has 166 valence electrons. The molecule has 2 aromatic rings. The monoisotopic (exact) mass is 436 g/mol. The van der Waals surface area contributed by atoms with Crippen molar-refractivity contribution in [2.24, 2.45) is 0 Å². The van der Waals surface area contributed by atoms with Crippen molar-refractivity contribution in [2.45, 2.75) is 20.3 Å². The zero-order valence-corrected chi connectivity index (χ0v) is 17.9. The molecule has 0 bridgehead atoms. The molecule has 2 aromatic carbocycles. The summed E-state index contributed by atoms with van der Waals surface area (Å²) in [6.07, 6.45) is 3.34. The zero-order valence-electron chi connectivity index (χ0n) is 17.9. The Hall–Kier alpha value is -4.07. The fraction of sp³-hybridized carbons (Fsp3) is 0.208. The maximum atomic E-state index is 13.1. The molecule has 8 heteroatoms. The van der Waals surface area contributed by atoms with Gasteiger partial charge in [-0.1, -0.05) is 12.1 Å². The first-order valence-corrected chi connectivity index (χ1v) is 10.1. The summed E-state index contributed by atoms with van der Waals surface area (Å²) in [5.41, 5.74) is 1.02. The van der Waals surface area contributed by atoms with Gasteiger partial charge in [0.05, 0.1) is 18.9 Å². The molecule has 0 saturated carbocycles. The third kappa shape index (κ3) is 4.64. The Morgan fingerprint density at radius 2 is 1.84 bits per heavy atom. The number of benzene rings is 2. The molecule has 2 N–H and O–H groups in total. The molecule has 0 spiro atoms. The molecule has 1 saturated heterocycles. The third-order valence-electron chi connectivity index (χ3n) is 4.64. The van der Waals surface area contributed by atoms with E-state index >= 15 is 0 Å². The Labute approximate surface area is 185 Å². The van der Waals surface area contributed by atoms with Gasteiger partial charge in [-0.2, -0.15) is 0 Å². The second-order valence-corrected chi connectivity index (χ2v) is 6.84. The predicted molar refractivity (Wildman–Crippen MR) is 120 cm³/mol. The van der Waals surface area contributed by atoms with E-state index in [9.17, 15) is 19.5 Å². The van der Waals surface area contributed by atoms with Crippen LogP contribution in [0.5, 0.6) is 17.2 Å². The van der Waals surface area contributed by atoms with Gasteiger partial charge in [0.2, 0.25) is 0 Å². The smallest absolute Gasteiger partial charge is 0.335 e. The number of ether oxygens (including phenoxy) is 2. The summed E-state index contributed by atoms with van der Waals surface area (Å²) in [6.45, 7) is 8.01. The minimum absolute atomic E-state index is 0.0298. The molecule has 1 aliphatic heterocycles. The minimum Gasteiger partial charge on any atom is -0.504 e. The SMILES string of the molecule is C=CCc1cc(/C=C2\C(=O)NC(=O)N(c3cccc(OCC)c3)C2=O)cc(OCC)c1O. The van der Waals surface area contributed by atoms with E-state index in [0.717, 1.165) is 4.90 Å². The number of phenols is 1. The van der Waals surface area contributed by atoms with Gasteiger partial charge in [-0.15, -0.1) is 6.58 Å². The van der Waals surface area contributed by atoms with Crippen molar-refractivity contribution in [2.75, 3.05) is 18.1 Å². The van der Waals surface area contributed by atoms with E-state index in [1.165, 1.54) is 12.1 Å². The molecule has 1 aliphatic rings. The largest absolute Gasteiger partial charge is 0.504 e. The van der Waals surface area contributed by atoms with Crippen molar-refractivity contribution in [3.63, 3.8) is 0 Å². The van der Waals surface area contributed by atoms with Crippen LogP contribution in [0.1, 0.15) is 25.0 Å². The first-order chi connectivity index (χ1) is 15.4. The maximum absolute atomic E-state index is 13.1. The third-order valence-corrected chi connectivity index (χ3v) is 4.64. The van der Waals surface area contributed by atoms with E-state index in [1.54, 1.807) is 43.3 Å². The van der Waals surface area contributed by atoms with Crippen molar-refractivity contribution >= 4 is 29.6 Å². The number of imide groups is 2. The van der Waals surface area contributed by atoms with Gasteiger partial charge in [-0.25, -0.2) is 9.69 Å². The summed E-state index contributed by atoms with van der Waals surface area (Å²) >= 11 is 0. The van der Waals surface area contributed by atoms with Crippen LogP contribution >= 0.6 is 0 Å². The molecular weight excluding hydrogens is 412 g/mol. The Morgan fingerprint density at radius 1 is 1.09 bits per heavy atom. The second kappa shape index (κ2) is 9.82. The number of urea groups is 1. The van der Waals surface area contributed by atoms with Crippen LogP contribution < -0.4 is 19.7 Å². The lowest BCUT2D eigenvalue weighted by molar-refractivity contribution is -0.122. The van der Waals surface area contributed by atoms with Crippen molar-refractivity contribution in [3.05, 3.63) is 65.8 Å². The molecule has 0 radical (unpaired) electrons. The van der Waals surface area contributed by atoms with Crippen LogP contribution in [-0.2, 0) is 16.0 Å². The summed E-state index contributed by atoms with van der Waals surface area (Å²) in [6, 6.07) is 8.77. The number of hydrogen-bond donors (Lipinski definition) is 2. The molecule has 4 amide bonds. The molecule has 1 heterocycles. The second-order valence-electron chi connectivity index (χ2n) is 6.84. The van der Waals surface area contributed by atoms with Gasteiger partial charge in [0, 0.05) is 11.6 Å². The standard InChI is InChI=1S/C24H24N2O6/c1-4-8-16-11-15(13-20(21(16)27)32-6-3)12-19-22(28)25-24(30)26(23(19)29)17-9-7-10-18(14-17)31-5-2/h4,7,9-14,27H,1,5-6,8H2,2-3H3,(H,25,28,30)/b19-12+. The Balaban J connectivity index is 2.04. The topological polar surface area (TPSA) is 105 Å². The highest BCUT2D eigenvalue weighted by Crippen LogP contribution is 2.34. The lowest BCUT2D eigenvalue weighted by Gasteiger charge is -2.26. The van der Waals surface area contributed by atoms with Gasteiger partial charge in [0.15, 0.2) is 11.5 Å². The lowest BCUT2D eigenvalue weighted by Crippen LogP contribution is -2.54. The van der Waals surface area contributed by atoms with Crippen LogP contribution in [0.2, 0.25) is 0 Å². The van der Waals surface area contributed by atoms with E-state index in [2.05, 4.69) is 11.9 Å². The number of barbiturate groups is 1. The number of aromatic hydroxyl groups is 1. The van der Waals surface area contributed by atoms with Gasteiger partial charge in [-0.3, -0.25) is 14.9 Å². The summed E-state index contributed by atoms with van der Waals surface area (Å²) in [4.78, 5) is 39.0. The summed E-state index contributed by atoms with van der Waals surface area (Å²) in [5, 5.41) is 12.6. The molecular formula is C24H24N2O6. The molecule has 1 fully saturated rings. The van der Waals surface area contributed by atoms with Crippen molar-refractivity contribution in [1.82, 2.24) is 5.32 Å². The fourth-order valence-corrected chi connectivity index (χ4v) is 3.29. The van der Waals surface area contributed by atoms with Crippen LogP contribution in [0.25, 0.3) is 6.08 Å². The van der Waals surface area contributed by atoms with E-state index in [-0.39, 0.29) is 22.8 Å². The number of phenolic OH excluding ortho intramolecular Hbond substituents is 1. The van der Waals surface area contributed by atoms with Crippen LogP contribution in [0, 0.1) is 0 Å². The highest BCUT2D eigenvalue weighted by atomic mass is 16.5. The van der Waals surface area contributed by atoms with Gasteiger partial charge in [-0.05, 0) is 56.2 Å². The maximum Gasteiger partial charge on any atom is 0.335 e. The molecule has 3 rings (SSSR count). The highest BCUT2D eigenvalue weighted by Gasteiger charge is 2.37. The molecule has 0 aliphatic carbocycles. The van der Waals surface area contributed by atoms with Crippen molar-refractivity contribution in [1.29, 1.82) is 0 Å². The zero-order chi connectivity index (χ0) is 23.3. The predicted octanol–water partition coefficient (Wildman–Crippen LogP) is 3.58. The van der Waals surface area contributed by atoms with Gasteiger partial charge in [0.25, 0.3) is 11.8 Å². The number of allylic oxidation sites excluding steroid dienone is 1. The first kappa shape index (κ1) is 22.6. The summed E-state index contributed by atoms with van der Waals surface area (Å²) in [7, 11) is 0. The number of nitrogens with one attached hydrogen (secondary N) is 1. The van der Waals surface area contributed by atoms with Crippen molar-refractivity contribution < 1.29 is 29.0 Å². The fourth-order valence-electron chi connectivity index (χ4n) is 3.29. The number of nitrogens with zero attached hydrogens (tertiary/aromatic N) is 1. The average molecular weight is 436 g/mol. The quantitative estimate of drug-likeness (QED) is 0.372. The molecule has 0 atom stereocenters. The average Bonchev–Trinajstić information content (AvgIpc) is 2.75. The first-order valence-electron chi connectivity index (χ1n) is 10.1. The Kier molecular flexibility index (Phi) is 6.94. The minimum atomic E-state index is -0.848. The molecule has 32 heavy (non-hydrogen) atoms. The number of hydrogen-bond acceptors (Lipinski definition) is 6. The normalized spacial score (nSPS) is 15.0. The van der Waals surface area contributed by atoms with Gasteiger partial charge in [0.1, 0.15) is 11.3 Å². The highest BCUT2D eigenvalue weighted by molar-refractivity contribution is 6.39. The van der Waals surface area contributed by atoms with Crippen LogP contribution in [0.3, 0.4) is 0 Å². The number of anilines is 1. The number of carbonyl (C=O) groups excluding carboxylic acids is 3. The molecule has 0 aromatic heterocycles. The van der Waals surface area contributed by atoms with Gasteiger partial charge < -0.3 is 14.6 Å². The number of carbonyl (C=O) groups is 3. The van der Waals surface area contributed by atoms with Crippen LogP contribution in [0.4, 0.5) is 10.5 Å². The van der Waals surface area contributed by atoms with E-state index < -0.39 is 17.8 Å². The van der Waals surface area contributed by atoms with Crippen LogP contribution in [-0.4, -0.2) is 36.2 Å². The van der Waals surface area contributed by atoms with Crippen LogP contribution in [0.15, 0.2) is 54.6 Å².